The molecule has 2 aliphatic heterocycles. The zero-order valence-electron chi connectivity index (χ0n) is 14.2. The molecule has 0 radical (unpaired) electrons. The highest BCUT2D eigenvalue weighted by molar-refractivity contribution is 4.97. The largest absolute Gasteiger partial charge is 0.387 e. The van der Waals surface area contributed by atoms with Crippen molar-refractivity contribution >= 4 is 0 Å². The van der Waals surface area contributed by atoms with Crippen molar-refractivity contribution in [1.82, 2.24) is 24.5 Å². The molecule has 11 nitrogen and oxygen atoms in total. The van der Waals surface area contributed by atoms with Gasteiger partial charge in [0, 0.05) is 12.3 Å². The van der Waals surface area contributed by atoms with Crippen LogP contribution in [0.3, 0.4) is 0 Å². The molecule has 2 aromatic heterocycles. The van der Waals surface area contributed by atoms with E-state index in [2.05, 4.69) is 15.3 Å². The lowest BCUT2D eigenvalue weighted by molar-refractivity contribution is -0.216. The van der Waals surface area contributed by atoms with E-state index in [-0.39, 0.29) is 13.1 Å². The summed E-state index contributed by atoms with van der Waals surface area (Å²) in [5, 5.41) is 18.4. The van der Waals surface area contributed by atoms with E-state index in [1.165, 1.54) is 21.5 Å². The lowest BCUT2D eigenvalue weighted by atomic mass is 10.1. The Bertz CT molecular complexity index is 917. The van der Waals surface area contributed by atoms with Crippen LogP contribution in [0.5, 0.6) is 0 Å². The molecular formula is C15H19N5O6. The van der Waals surface area contributed by atoms with Gasteiger partial charge in [-0.1, -0.05) is 5.21 Å². The van der Waals surface area contributed by atoms with Gasteiger partial charge < -0.3 is 19.3 Å². The van der Waals surface area contributed by atoms with Crippen LogP contribution in [0, 0.1) is 0 Å². The molecule has 0 amide bonds. The SMILES string of the molecule is CC1(C)O[C@H]2O[C@H](Cn3cc(Cn4ccc(=O)[nH]c4=O)nn3)[C@H](O)[C@H]2O1. The van der Waals surface area contributed by atoms with E-state index in [1.54, 1.807) is 20.0 Å². The summed E-state index contributed by atoms with van der Waals surface area (Å²) in [6, 6.07) is 1.26. The second-order valence-electron chi connectivity index (χ2n) is 6.80. The minimum Gasteiger partial charge on any atom is -0.387 e. The van der Waals surface area contributed by atoms with Crippen LogP contribution in [-0.2, 0) is 27.3 Å². The molecular weight excluding hydrogens is 346 g/mol. The molecule has 0 spiro atoms. The third kappa shape index (κ3) is 3.21. The molecule has 4 heterocycles. The predicted octanol–water partition coefficient (Wildman–Crippen LogP) is -1.59. The average molecular weight is 365 g/mol. The van der Waals surface area contributed by atoms with Gasteiger partial charge >= 0.3 is 5.69 Å². The van der Waals surface area contributed by atoms with Gasteiger partial charge in [0.25, 0.3) is 5.56 Å². The van der Waals surface area contributed by atoms with Crippen molar-refractivity contribution in [2.24, 2.45) is 0 Å². The summed E-state index contributed by atoms with van der Waals surface area (Å²) in [6.45, 7) is 3.95. The second-order valence-corrected chi connectivity index (χ2v) is 6.80. The van der Waals surface area contributed by atoms with Crippen molar-refractivity contribution in [2.75, 3.05) is 0 Å². The van der Waals surface area contributed by atoms with Crippen LogP contribution < -0.4 is 11.2 Å². The van der Waals surface area contributed by atoms with E-state index in [1.807, 2.05) is 0 Å². The molecule has 4 rings (SSSR count). The number of H-pyrrole nitrogens is 1. The lowest BCUT2D eigenvalue weighted by Crippen LogP contribution is -2.36. The van der Waals surface area contributed by atoms with Gasteiger partial charge in [-0.3, -0.25) is 14.3 Å². The number of nitrogens with one attached hydrogen (secondary N) is 1. The van der Waals surface area contributed by atoms with E-state index in [9.17, 15) is 14.7 Å². The Labute approximate surface area is 147 Å². The topological polar surface area (TPSA) is 133 Å². The fourth-order valence-electron chi connectivity index (χ4n) is 3.14. The number of aliphatic hydroxyl groups excluding tert-OH is 1. The number of rotatable bonds is 4. The number of aromatic nitrogens is 5. The van der Waals surface area contributed by atoms with E-state index < -0.39 is 41.6 Å². The third-order valence-electron chi connectivity index (χ3n) is 4.30. The molecule has 2 aliphatic rings. The Kier molecular flexibility index (Phi) is 4.03. The molecule has 0 bridgehead atoms. The van der Waals surface area contributed by atoms with Gasteiger partial charge in [0.05, 0.1) is 19.3 Å². The third-order valence-corrected chi connectivity index (χ3v) is 4.30. The van der Waals surface area contributed by atoms with E-state index in [0.29, 0.717) is 5.69 Å². The monoisotopic (exact) mass is 365 g/mol. The van der Waals surface area contributed by atoms with Crippen LogP contribution in [0.4, 0.5) is 0 Å². The molecule has 140 valence electrons. The van der Waals surface area contributed by atoms with Crippen LogP contribution in [0.15, 0.2) is 28.0 Å². The molecule has 4 atom stereocenters. The van der Waals surface area contributed by atoms with E-state index in [4.69, 9.17) is 14.2 Å². The first-order valence-corrected chi connectivity index (χ1v) is 8.19. The number of aliphatic hydroxyl groups is 1. The Morgan fingerprint density at radius 3 is 2.88 bits per heavy atom. The lowest BCUT2D eigenvalue weighted by Gasteiger charge is -2.22. The second kappa shape index (κ2) is 6.13. The van der Waals surface area contributed by atoms with Crippen molar-refractivity contribution < 1.29 is 19.3 Å². The van der Waals surface area contributed by atoms with Gasteiger partial charge in [0.15, 0.2) is 12.1 Å². The molecule has 2 fully saturated rings. The summed E-state index contributed by atoms with van der Waals surface area (Å²) in [6.07, 6.45) is 0.475. The fraction of sp³-hybridized carbons (Fsp3) is 0.600. The average Bonchev–Trinajstić information content (AvgIpc) is 3.19. The molecule has 11 heteroatoms. The van der Waals surface area contributed by atoms with Crippen molar-refractivity contribution in [1.29, 1.82) is 0 Å². The number of ether oxygens (including phenoxy) is 3. The first-order chi connectivity index (χ1) is 12.3. The summed E-state index contributed by atoms with van der Waals surface area (Å²) in [4.78, 5) is 25.0. The molecule has 0 aliphatic carbocycles. The summed E-state index contributed by atoms with van der Waals surface area (Å²) in [5.41, 5.74) is -0.452. The fourth-order valence-corrected chi connectivity index (χ4v) is 3.14. The van der Waals surface area contributed by atoms with Gasteiger partial charge in [-0.15, -0.1) is 5.10 Å². The van der Waals surface area contributed by atoms with Crippen LogP contribution in [0.25, 0.3) is 0 Å². The van der Waals surface area contributed by atoms with Crippen molar-refractivity contribution in [3.05, 3.63) is 45.0 Å². The quantitative estimate of drug-likeness (QED) is 0.663. The minimum absolute atomic E-state index is 0.162. The standard InChI is InChI=1S/C15H19N5O6/c1-15(2)25-12-11(22)9(24-13(12)26-15)7-20-6-8(17-18-20)5-19-4-3-10(21)16-14(19)23/h3-4,6,9,11-13,22H,5,7H2,1-2H3,(H,16,21,23)/t9-,11+,12-,13-/m1/s1. The number of hydrogen-bond donors (Lipinski definition) is 2. The summed E-state index contributed by atoms with van der Waals surface area (Å²) < 4.78 is 19.8. The van der Waals surface area contributed by atoms with Crippen LogP contribution >= 0.6 is 0 Å². The minimum atomic E-state index is -0.851. The summed E-state index contributed by atoms with van der Waals surface area (Å²) in [5.74, 6) is -0.786. The van der Waals surface area contributed by atoms with Gasteiger partial charge in [-0.05, 0) is 13.8 Å². The maximum atomic E-state index is 11.7. The first-order valence-electron chi connectivity index (χ1n) is 8.19. The number of aromatic amines is 1. The smallest absolute Gasteiger partial charge is 0.328 e. The molecule has 0 unspecified atom stereocenters. The van der Waals surface area contributed by atoms with Crippen molar-refractivity contribution in [3.8, 4) is 0 Å². The highest BCUT2D eigenvalue weighted by Crippen LogP contribution is 2.37. The molecule has 2 aromatic rings. The van der Waals surface area contributed by atoms with Crippen LogP contribution in [0.2, 0.25) is 0 Å². The molecule has 2 saturated heterocycles. The van der Waals surface area contributed by atoms with Gasteiger partial charge in [0.2, 0.25) is 0 Å². The van der Waals surface area contributed by atoms with Crippen molar-refractivity contribution in [2.45, 2.75) is 57.3 Å². The highest BCUT2D eigenvalue weighted by atomic mass is 16.8. The van der Waals surface area contributed by atoms with Crippen LogP contribution in [0.1, 0.15) is 19.5 Å². The molecule has 2 N–H and O–H groups in total. The molecule has 0 saturated carbocycles. The van der Waals surface area contributed by atoms with Gasteiger partial charge in [0.1, 0.15) is 24.0 Å². The first kappa shape index (κ1) is 17.1. The zero-order chi connectivity index (χ0) is 18.5. The molecule has 0 aromatic carbocycles. The zero-order valence-corrected chi connectivity index (χ0v) is 14.2. The Balaban J connectivity index is 1.42. The normalized spacial score (nSPS) is 29.8. The maximum absolute atomic E-state index is 11.7. The van der Waals surface area contributed by atoms with E-state index >= 15 is 0 Å². The Hall–Kier alpha value is -2.34. The maximum Gasteiger partial charge on any atom is 0.328 e. The highest BCUT2D eigenvalue weighted by Gasteiger charge is 2.54. The van der Waals surface area contributed by atoms with E-state index in [0.717, 1.165) is 0 Å². The number of fused-ring (bicyclic) bond motifs is 1. The molecule has 26 heavy (non-hydrogen) atoms. The van der Waals surface area contributed by atoms with Gasteiger partial charge in [-0.2, -0.15) is 0 Å². The predicted molar refractivity (Wildman–Crippen MR) is 85.2 cm³/mol. The number of hydrogen-bond acceptors (Lipinski definition) is 8. The summed E-state index contributed by atoms with van der Waals surface area (Å²) in [7, 11) is 0. The Morgan fingerprint density at radius 2 is 2.15 bits per heavy atom. The van der Waals surface area contributed by atoms with Crippen molar-refractivity contribution in [3.63, 3.8) is 0 Å². The summed E-state index contributed by atoms with van der Waals surface area (Å²) >= 11 is 0. The number of nitrogens with zero attached hydrogens (tertiary/aromatic N) is 4. The Morgan fingerprint density at radius 1 is 1.35 bits per heavy atom. The van der Waals surface area contributed by atoms with Gasteiger partial charge in [-0.25, -0.2) is 9.48 Å². The van der Waals surface area contributed by atoms with Crippen LogP contribution in [-0.4, -0.2) is 60.0 Å².